The van der Waals surface area contributed by atoms with Crippen molar-refractivity contribution in [1.29, 1.82) is 0 Å². The van der Waals surface area contributed by atoms with E-state index in [0.717, 1.165) is 189 Å². The third-order valence-corrected chi connectivity index (χ3v) is 34.6. The number of unbranched alkanes of at least 4 members (excludes halogenated alkanes) is 1. The summed E-state index contributed by atoms with van der Waals surface area (Å²) < 4.78 is 16.5. The number of carbonyl (C=O) groups excluding carboxylic acids is 1. The van der Waals surface area contributed by atoms with Gasteiger partial charge in [0.2, 0.25) is 0 Å². The summed E-state index contributed by atoms with van der Waals surface area (Å²) in [6, 6.07) is 0. The Balaban J connectivity index is 0.000000116. The Morgan fingerprint density at radius 1 is 0.409 bits per heavy atom. The highest BCUT2D eigenvalue weighted by Crippen LogP contribution is 2.70. The number of aryl methyl sites for hydroxylation is 2. The molecule has 0 spiro atoms. The summed E-state index contributed by atoms with van der Waals surface area (Å²) in [6.45, 7) is 22.7. The molecule has 34 nitrogen and oxygen atoms in total. The molecule has 9 unspecified atom stereocenters. The fraction of sp³-hybridized carbons (Fsp3) is 0.699. The summed E-state index contributed by atoms with van der Waals surface area (Å²) in [7, 11) is 3.01. The fourth-order valence-electron chi connectivity index (χ4n) is 28.4. The van der Waals surface area contributed by atoms with Crippen LogP contribution in [0.4, 0.5) is 23.3 Å². The maximum absolute atomic E-state index is 13.2. The minimum atomic E-state index is -0.421. The summed E-state index contributed by atoms with van der Waals surface area (Å²) in [6.07, 6.45) is 39.0. The first kappa shape index (κ1) is 98.0. The maximum atomic E-state index is 13.2. The monoisotopic (exact) mass is 1890 g/mol. The largest absolute Gasteiger partial charge is 0.396 e. The van der Waals surface area contributed by atoms with Crippen LogP contribution in [0.5, 0.6) is 0 Å². The predicted molar refractivity (Wildman–Crippen MR) is 532 cm³/mol. The Labute approximate surface area is 795 Å². The number of Topliss-reactive ketones (excluding diaryl/α,β-unsaturated/α-hetero) is 1. The van der Waals surface area contributed by atoms with Gasteiger partial charge in [-0.05, 0) is 258 Å². The highest BCUT2D eigenvalue weighted by Gasteiger charge is 2.64. The van der Waals surface area contributed by atoms with Crippen molar-refractivity contribution in [3.8, 4) is 0 Å². The molecular weight excluding hydrogens is 1740 g/mol. The first-order valence-corrected chi connectivity index (χ1v) is 51.6. The van der Waals surface area contributed by atoms with Crippen molar-refractivity contribution in [2.75, 3.05) is 6.61 Å². The lowest BCUT2D eigenvalue weighted by molar-refractivity contribution is -0.118. The summed E-state index contributed by atoms with van der Waals surface area (Å²) in [5.41, 5.74) is 7.23. The van der Waals surface area contributed by atoms with Crippen LogP contribution in [0.15, 0.2) is 90.2 Å². The van der Waals surface area contributed by atoms with Crippen LogP contribution in [0, 0.1) is 86.8 Å². The van der Waals surface area contributed by atoms with Crippen molar-refractivity contribution in [3.63, 3.8) is 0 Å². The number of rotatable bonds is 27. The van der Waals surface area contributed by atoms with Crippen molar-refractivity contribution in [2.45, 2.75) is 353 Å². The van der Waals surface area contributed by atoms with E-state index in [1.807, 2.05) is 27.7 Å². The van der Waals surface area contributed by atoms with Crippen LogP contribution in [-0.4, -0.2) is 116 Å². The second-order valence-electron chi connectivity index (χ2n) is 43.0. The zero-order chi connectivity index (χ0) is 96.0. The van der Waals surface area contributed by atoms with Crippen molar-refractivity contribution < 1.29 is 9.90 Å². The molecule has 740 valence electrons. The molecule has 8 aromatic heterocycles. The molecule has 8 aromatic rings. The molecule has 0 amide bonds. The molecule has 12 heterocycles. The van der Waals surface area contributed by atoms with Gasteiger partial charge in [0.1, 0.15) is 40.1 Å². The minimum Gasteiger partial charge on any atom is -0.396 e. The zero-order valence-electron chi connectivity index (χ0n) is 81.7. The second-order valence-corrected chi connectivity index (χ2v) is 43.0. The summed E-state index contributed by atoms with van der Waals surface area (Å²) in [5, 5.41) is 9.29. The number of aliphatic hydroxyl groups excluding tert-OH is 1. The van der Waals surface area contributed by atoms with E-state index >= 15 is 0 Å². The molecule has 9 atom stereocenters. The van der Waals surface area contributed by atoms with Crippen molar-refractivity contribution in [2.24, 2.45) is 121 Å². The van der Waals surface area contributed by atoms with Gasteiger partial charge in [0, 0.05) is 157 Å². The summed E-state index contributed by atoms with van der Waals surface area (Å²) in [4.78, 5) is 196. The van der Waals surface area contributed by atoms with Crippen LogP contribution >= 0.6 is 0 Å². The normalized spacial score (nSPS) is 27.3. The van der Waals surface area contributed by atoms with E-state index in [0.29, 0.717) is 166 Å². The Kier molecular flexibility index (Phi) is 28.0. The number of H-pyrrole nitrogens is 3. The number of fused-ring (bicyclic) bond motifs is 14. The van der Waals surface area contributed by atoms with Crippen molar-refractivity contribution in [3.05, 3.63) is 160 Å². The number of nitrogens with zero attached hydrogens (tertiary/aromatic N) is 17. The molecule has 4 N–H and O–H groups in total. The van der Waals surface area contributed by atoms with E-state index in [1.165, 1.54) is 148 Å². The number of aromatic amines is 3. The molecule has 34 heteroatoms. The molecule has 0 aromatic carbocycles. The van der Waals surface area contributed by atoms with Gasteiger partial charge in [-0.3, -0.25) is 84.0 Å². The van der Waals surface area contributed by atoms with Gasteiger partial charge in [0.15, 0.2) is 11.3 Å². The van der Waals surface area contributed by atoms with Crippen LogP contribution in [0.25, 0.3) is 22.3 Å². The number of nitrogens with one attached hydrogen (secondary N) is 3. The van der Waals surface area contributed by atoms with Gasteiger partial charge in [0.25, 0.3) is 33.4 Å². The number of hydrogen-bond acceptors (Lipinski definition) is 20. The topological polar surface area (TPSA) is 419 Å². The van der Waals surface area contributed by atoms with Gasteiger partial charge < -0.3 is 19.9 Å². The van der Waals surface area contributed by atoms with E-state index in [4.69, 9.17) is 20.0 Å². The quantitative estimate of drug-likeness (QED) is 0.0371. The standard InChI is InChI=1S/C24H35N3O3.C22H31N3O3.C21H29N3O2.C20H27N3O2.C8H10N4O2.C7H8N4O2.CH4/c1-4-14-26-20-18(21(29)27(15-5-2)22(26)30)16-19(25-20)24-11-8-23(9-12-24,10-13-24)7-6-17(3)28;1-2-3-5-25-20(27)17-11-18(23-19(17)24(21(25)28)6-4-7-26)22-12-14-8-15(13-22)10-16(22)9-14;1-3-5-23-18-16(19(25)24(6-4-2)20(23)26)10-17(22-18)21-11-13-7-14(12-21)9-15(21)8-13;1-3-5-22-18-16(19(24)23(6-4-2)20(22)25)10-17(21-18)15-8-11-7-13(15)14-9-12(11)14;1-2-3-12-6-5(9-4-10-6)7(13)11-8(12)14;1-10-5-4(8-3-9-5)6(12)11(2)7(10)13;/h4-16H2,1-3H3;14-16,26H,2-13H2,1H3;13-15H,3-12H2,1-2H3;11-15H,3-10H2,1-2H3;4H,2-3H2,1H3,(H,9,10)(H,11,13,14);3H,1-2H3,(H,8,9);1H4. The third-order valence-electron chi connectivity index (χ3n) is 34.6. The van der Waals surface area contributed by atoms with E-state index in [-0.39, 0.29) is 86.5 Å². The Morgan fingerprint density at radius 3 is 1.26 bits per heavy atom. The van der Waals surface area contributed by atoms with Gasteiger partial charge in [-0.1, -0.05) is 69.2 Å². The van der Waals surface area contributed by atoms with E-state index < -0.39 is 11.2 Å². The zero-order valence-corrected chi connectivity index (χ0v) is 81.7. The van der Waals surface area contributed by atoms with Gasteiger partial charge in [-0.15, -0.1) is 0 Å². The maximum Gasteiger partial charge on any atom is 0.332 e. The molecular formula is C103H144N20O14. The van der Waals surface area contributed by atoms with Crippen LogP contribution in [0.1, 0.15) is 291 Å². The lowest BCUT2D eigenvalue weighted by Gasteiger charge is -2.54. The van der Waals surface area contributed by atoms with Crippen molar-refractivity contribution in [1.82, 2.24) is 75.2 Å². The minimum absolute atomic E-state index is 0. The number of aliphatic hydroxyl groups is 1. The molecule has 18 aliphatic rings. The van der Waals surface area contributed by atoms with Crippen LogP contribution < -0.4 is 67.5 Å². The first-order chi connectivity index (χ1) is 65.5. The average molecular weight is 1890 g/mol. The first-order valence-electron chi connectivity index (χ1n) is 51.6. The third kappa shape index (κ3) is 17.2. The molecule has 0 saturated heterocycles. The summed E-state index contributed by atoms with van der Waals surface area (Å²) >= 11 is 0. The molecule has 14 fully saturated rings. The van der Waals surface area contributed by atoms with Crippen LogP contribution in [0.3, 0.4) is 0 Å². The van der Waals surface area contributed by atoms with Gasteiger partial charge in [-0.2, -0.15) is 0 Å². The van der Waals surface area contributed by atoms with Crippen LogP contribution in [0.2, 0.25) is 0 Å². The SMILES string of the molecule is C.CCCCn1c(=O)c2c(n(CCCO)c1=O)N=C(C13CC4CC(CC1C4)C3)C2.CCCn1c(=O)[nH]c(=O)c2[nH]cnc21.CCCn1c2c(c(=O)n(CCC)c1=O)CC(C13CC4CC(CC1C4)C3)=N2.CCCn1c2c(c(=O)n(CCC)c1=O)CC(C13CCC(CCC(C)=O)(CC1)CC3)=N2.CCCn1c2c(c(=O)n(CCC)c1=O)CC(C1CC3CC1C1CC31)=N2.Cn1c(=O)c2[nH]cnc2n(C)c1=O. The number of aliphatic imine (C=N–C) groups is 4. The summed E-state index contributed by atoms with van der Waals surface area (Å²) in [5.74, 6) is 12.0. The van der Waals surface area contributed by atoms with Gasteiger partial charge in [0.05, 0.1) is 34.9 Å². The van der Waals surface area contributed by atoms with Crippen LogP contribution in [-0.2, 0) is 103 Å². The Morgan fingerprint density at radius 2 is 0.818 bits per heavy atom. The fourth-order valence-corrected chi connectivity index (χ4v) is 28.4. The Hall–Kier alpha value is -10.7. The number of carbonyl (C=O) groups is 1. The smallest absolute Gasteiger partial charge is 0.332 e. The average Bonchev–Trinajstić information content (AvgIpc) is 1.55. The lowest BCUT2D eigenvalue weighted by Crippen LogP contribution is -2.46. The van der Waals surface area contributed by atoms with E-state index in [9.17, 15) is 67.4 Å². The molecule has 137 heavy (non-hydrogen) atoms. The highest BCUT2D eigenvalue weighted by atomic mass is 16.3. The molecule has 4 aliphatic heterocycles. The van der Waals surface area contributed by atoms with Gasteiger partial charge in [-0.25, -0.2) is 58.7 Å². The number of aromatic nitrogens is 16. The molecule has 14 saturated carbocycles. The number of ketones is 1. The Bertz CT molecular complexity index is 6920. The van der Waals surface area contributed by atoms with E-state index in [2.05, 4.69) is 52.6 Å². The lowest BCUT2D eigenvalue weighted by atomic mass is 9.51. The predicted octanol–water partition coefficient (Wildman–Crippen LogP) is 12.3. The van der Waals surface area contributed by atoms with Gasteiger partial charge >= 0.3 is 34.1 Å². The number of imidazole rings is 2. The van der Waals surface area contributed by atoms with Crippen molar-refractivity contribution >= 4 is 74.2 Å². The molecule has 0 radical (unpaired) electrons. The second kappa shape index (κ2) is 39.2. The molecule has 12 bridgehead atoms. The van der Waals surface area contributed by atoms with E-state index in [1.54, 1.807) is 32.2 Å². The molecule has 26 rings (SSSR count). The highest BCUT2D eigenvalue weighted by molar-refractivity contribution is 6.00. The molecule has 14 aliphatic carbocycles. The number of hydrogen-bond donors (Lipinski definition) is 4.